The molecule has 3 rings (SSSR count). The number of rotatable bonds is 3. The van der Waals surface area contributed by atoms with Crippen LogP contribution in [0.3, 0.4) is 0 Å². The molecule has 4 heteroatoms. The average molecular weight is 238 g/mol. The van der Waals surface area contributed by atoms with E-state index < -0.39 is 0 Å². The third kappa shape index (κ3) is 1.87. The number of hydrogen-bond donors (Lipinski definition) is 2. The van der Waals surface area contributed by atoms with Crippen molar-refractivity contribution in [2.75, 3.05) is 7.05 Å². The zero-order valence-electron chi connectivity index (χ0n) is 10.1. The summed E-state index contributed by atoms with van der Waals surface area (Å²) in [6, 6.07) is 10.4. The Hall–Kier alpha value is -2.20. The lowest BCUT2D eigenvalue weighted by molar-refractivity contribution is 0.656. The Morgan fingerprint density at radius 2 is 2.11 bits per heavy atom. The van der Waals surface area contributed by atoms with Crippen LogP contribution in [0.25, 0.3) is 10.9 Å². The van der Waals surface area contributed by atoms with E-state index in [0.29, 0.717) is 0 Å². The first-order valence-electron chi connectivity index (χ1n) is 5.90. The van der Waals surface area contributed by atoms with Gasteiger partial charge >= 0.3 is 0 Å². The molecule has 2 N–H and O–H groups in total. The van der Waals surface area contributed by atoms with Crippen LogP contribution in [0, 0.1) is 0 Å². The minimum absolute atomic E-state index is 0.0615. The largest absolute Gasteiger partial charge is 0.347 e. The second-order valence-electron chi connectivity index (χ2n) is 4.15. The van der Waals surface area contributed by atoms with Gasteiger partial charge in [-0.3, -0.25) is 4.98 Å². The molecule has 1 aromatic carbocycles. The lowest BCUT2D eigenvalue weighted by Gasteiger charge is -2.14. The van der Waals surface area contributed by atoms with Crippen LogP contribution in [0.2, 0.25) is 0 Å². The number of benzene rings is 1. The fourth-order valence-electron chi connectivity index (χ4n) is 2.16. The van der Waals surface area contributed by atoms with Crippen molar-refractivity contribution in [3.05, 3.63) is 60.3 Å². The van der Waals surface area contributed by atoms with Crippen molar-refractivity contribution < 1.29 is 0 Å². The average Bonchev–Trinajstić information content (AvgIpc) is 2.93. The SMILES string of the molecule is CNC(c1ccc2cccnc2c1)c1ncc[nH]1. The number of hydrogen-bond acceptors (Lipinski definition) is 3. The van der Waals surface area contributed by atoms with Crippen LogP contribution in [-0.2, 0) is 0 Å². The molecule has 18 heavy (non-hydrogen) atoms. The van der Waals surface area contributed by atoms with Crippen LogP contribution in [-0.4, -0.2) is 22.0 Å². The molecular formula is C14H14N4. The molecule has 1 unspecified atom stereocenters. The van der Waals surface area contributed by atoms with Crippen LogP contribution in [0.1, 0.15) is 17.4 Å². The molecule has 0 aliphatic rings. The molecule has 2 aromatic heterocycles. The van der Waals surface area contributed by atoms with Crippen molar-refractivity contribution in [3.63, 3.8) is 0 Å². The van der Waals surface area contributed by atoms with E-state index in [1.165, 1.54) is 0 Å². The Bertz CT molecular complexity index is 646. The lowest BCUT2D eigenvalue weighted by Crippen LogP contribution is -2.18. The van der Waals surface area contributed by atoms with E-state index >= 15 is 0 Å². The van der Waals surface area contributed by atoms with E-state index in [4.69, 9.17) is 0 Å². The Kier molecular flexibility index (Phi) is 2.78. The third-order valence-corrected chi connectivity index (χ3v) is 3.04. The Morgan fingerprint density at radius 1 is 1.17 bits per heavy atom. The maximum Gasteiger partial charge on any atom is 0.127 e. The van der Waals surface area contributed by atoms with Gasteiger partial charge in [0.2, 0.25) is 0 Å². The van der Waals surface area contributed by atoms with Gasteiger partial charge in [-0.05, 0) is 24.7 Å². The van der Waals surface area contributed by atoms with Crippen LogP contribution < -0.4 is 5.32 Å². The van der Waals surface area contributed by atoms with E-state index in [-0.39, 0.29) is 6.04 Å². The van der Waals surface area contributed by atoms with Gasteiger partial charge in [0.15, 0.2) is 0 Å². The molecule has 0 spiro atoms. The molecule has 0 saturated heterocycles. The molecule has 0 fully saturated rings. The molecule has 0 aliphatic carbocycles. The maximum atomic E-state index is 4.38. The predicted octanol–water partition coefficient (Wildman–Crippen LogP) is 2.27. The summed E-state index contributed by atoms with van der Waals surface area (Å²) in [4.78, 5) is 11.8. The van der Waals surface area contributed by atoms with Crippen LogP contribution in [0.15, 0.2) is 48.9 Å². The smallest absolute Gasteiger partial charge is 0.127 e. The molecule has 90 valence electrons. The summed E-state index contributed by atoms with van der Waals surface area (Å²) in [6.07, 6.45) is 5.41. The normalized spacial score (nSPS) is 12.7. The van der Waals surface area contributed by atoms with E-state index in [9.17, 15) is 0 Å². The summed E-state index contributed by atoms with van der Waals surface area (Å²) in [5, 5.41) is 4.41. The molecule has 0 radical (unpaired) electrons. The molecule has 1 atom stereocenters. The highest BCUT2D eigenvalue weighted by atomic mass is 15.0. The number of aromatic amines is 1. The van der Waals surface area contributed by atoms with Gasteiger partial charge in [-0.25, -0.2) is 4.98 Å². The van der Waals surface area contributed by atoms with Gasteiger partial charge in [-0.15, -0.1) is 0 Å². The number of nitrogens with zero attached hydrogens (tertiary/aromatic N) is 2. The molecular weight excluding hydrogens is 224 g/mol. The van der Waals surface area contributed by atoms with Crippen molar-refractivity contribution in [1.29, 1.82) is 0 Å². The molecule has 4 nitrogen and oxygen atoms in total. The molecule has 2 heterocycles. The molecule has 3 aromatic rings. The lowest BCUT2D eigenvalue weighted by atomic mass is 10.0. The van der Waals surface area contributed by atoms with Gasteiger partial charge in [-0.1, -0.05) is 18.2 Å². The van der Waals surface area contributed by atoms with Crippen molar-refractivity contribution in [2.45, 2.75) is 6.04 Å². The van der Waals surface area contributed by atoms with Crippen LogP contribution >= 0.6 is 0 Å². The number of aromatic nitrogens is 3. The Labute approximate surface area is 105 Å². The van der Waals surface area contributed by atoms with E-state index in [0.717, 1.165) is 22.3 Å². The fourth-order valence-corrected chi connectivity index (χ4v) is 2.16. The van der Waals surface area contributed by atoms with Crippen molar-refractivity contribution in [2.24, 2.45) is 0 Å². The molecule has 0 bridgehead atoms. The minimum atomic E-state index is 0.0615. The Morgan fingerprint density at radius 3 is 2.89 bits per heavy atom. The second kappa shape index (κ2) is 4.58. The third-order valence-electron chi connectivity index (χ3n) is 3.04. The van der Waals surface area contributed by atoms with E-state index in [2.05, 4.69) is 44.5 Å². The van der Waals surface area contributed by atoms with Crippen molar-refractivity contribution in [3.8, 4) is 0 Å². The zero-order valence-corrected chi connectivity index (χ0v) is 10.1. The van der Waals surface area contributed by atoms with Gasteiger partial charge in [0, 0.05) is 24.0 Å². The van der Waals surface area contributed by atoms with Gasteiger partial charge in [0.05, 0.1) is 11.6 Å². The van der Waals surface area contributed by atoms with Gasteiger partial charge < -0.3 is 10.3 Å². The summed E-state index contributed by atoms with van der Waals surface area (Å²) in [5.41, 5.74) is 2.15. The van der Waals surface area contributed by atoms with Gasteiger partial charge in [0.1, 0.15) is 5.82 Å². The highest BCUT2D eigenvalue weighted by Crippen LogP contribution is 2.22. The molecule has 0 saturated carbocycles. The first-order chi connectivity index (χ1) is 8.88. The van der Waals surface area contributed by atoms with Crippen LogP contribution in [0.5, 0.6) is 0 Å². The van der Waals surface area contributed by atoms with Crippen LogP contribution in [0.4, 0.5) is 0 Å². The first kappa shape index (κ1) is 10.9. The quantitative estimate of drug-likeness (QED) is 0.736. The van der Waals surface area contributed by atoms with Gasteiger partial charge in [0.25, 0.3) is 0 Å². The maximum absolute atomic E-state index is 4.38. The predicted molar refractivity (Wildman–Crippen MR) is 71.2 cm³/mol. The summed E-state index contributed by atoms with van der Waals surface area (Å²) in [6.45, 7) is 0. The standard InChI is InChI=1S/C14H14N4/c1-15-13(14-17-7-8-18-14)11-5-4-10-3-2-6-16-12(10)9-11/h2-9,13,15H,1H3,(H,17,18). The number of imidazole rings is 1. The topological polar surface area (TPSA) is 53.6 Å². The molecule has 0 aliphatic heterocycles. The highest BCUT2D eigenvalue weighted by Gasteiger charge is 2.14. The number of pyridine rings is 1. The van der Waals surface area contributed by atoms with Crippen molar-refractivity contribution >= 4 is 10.9 Å². The molecule has 0 amide bonds. The van der Waals surface area contributed by atoms with Gasteiger partial charge in [-0.2, -0.15) is 0 Å². The highest BCUT2D eigenvalue weighted by molar-refractivity contribution is 5.79. The summed E-state index contributed by atoms with van der Waals surface area (Å²) < 4.78 is 0. The number of fused-ring (bicyclic) bond motifs is 1. The van der Waals surface area contributed by atoms with Crippen molar-refractivity contribution in [1.82, 2.24) is 20.3 Å². The zero-order chi connectivity index (χ0) is 12.4. The monoisotopic (exact) mass is 238 g/mol. The van der Waals surface area contributed by atoms with E-state index in [1.54, 1.807) is 6.20 Å². The summed E-state index contributed by atoms with van der Waals surface area (Å²) >= 11 is 0. The summed E-state index contributed by atoms with van der Waals surface area (Å²) in [5.74, 6) is 0.910. The summed E-state index contributed by atoms with van der Waals surface area (Å²) in [7, 11) is 1.93. The minimum Gasteiger partial charge on any atom is -0.347 e. The fraction of sp³-hybridized carbons (Fsp3) is 0.143. The number of H-pyrrole nitrogens is 1. The number of nitrogens with one attached hydrogen (secondary N) is 2. The Balaban J connectivity index is 2.07. The second-order valence-corrected chi connectivity index (χ2v) is 4.15. The van der Waals surface area contributed by atoms with E-state index in [1.807, 2.05) is 25.5 Å². The first-order valence-corrected chi connectivity index (χ1v) is 5.90.